The first kappa shape index (κ1) is 18.0. The summed E-state index contributed by atoms with van der Waals surface area (Å²) in [7, 11) is 0. The molecule has 6 nitrogen and oxygen atoms in total. The molecule has 0 spiro atoms. The third-order valence-electron chi connectivity index (χ3n) is 4.41. The predicted molar refractivity (Wildman–Crippen MR) is 100 cm³/mol. The Morgan fingerprint density at radius 1 is 1.35 bits per heavy atom. The summed E-state index contributed by atoms with van der Waals surface area (Å²) in [5, 5.41) is 12.6. The Morgan fingerprint density at radius 3 is 2.88 bits per heavy atom. The molecule has 1 aliphatic carbocycles. The van der Waals surface area contributed by atoms with Crippen molar-refractivity contribution in [3.05, 3.63) is 45.3 Å². The summed E-state index contributed by atoms with van der Waals surface area (Å²) in [6.45, 7) is 1.36. The second-order valence-electron chi connectivity index (χ2n) is 6.19. The third kappa shape index (κ3) is 3.55. The lowest BCUT2D eigenvalue weighted by molar-refractivity contribution is -0.119. The maximum atomic E-state index is 12.2. The minimum atomic E-state index is -0.646. The van der Waals surface area contributed by atoms with Crippen LogP contribution in [-0.4, -0.2) is 18.5 Å². The number of nitrogens with zero attached hydrogens (tertiary/aromatic N) is 1. The van der Waals surface area contributed by atoms with Crippen LogP contribution in [-0.2, 0) is 22.4 Å². The number of hydrogen-bond acceptors (Lipinski definition) is 6. The molecule has 0 aliphatic heterocycles. The molecule has 3 rings (SSSR count). The van der Waals surface area contributed by atoms with Crippen LogP contribution in [0, 0.1) is 18.3 Å². The molecule has 1 aromatic heterocycles. The number of thiophene rings is 1. The second kappa shape index (κ2) is 7.58. The highest BCUT2D eigenvalue weighted by molar-refractivity contribution is 7.16. The molecule has 26 heavy (non-hydrogen) atoms. The Bertz CT molecular complexity index is 911. The van der Waals surface area contributed by atoms with Gasteiger partial charge in [-0.1, -0.05) is 12.1 Å². The van der Waals surface area contributed by atoms with Gasteiger partial charge in [-0.2, -0.15) is 5.26 Å². The lowest BCUT2D eigenvalue weighted by Gasteiger charge is -2.09. The monoisotopic (exact) mass is 369 g/mol. The fourth-order valence-electron chi connectivity index (χ4n) is 3.00. The lowest BCUT2D eigenvalue weighted by Crippen LogP contribution is -2.21. The first-order chi connectivity index (χ1) is 12.5. The molecule has 0 radical (unpaired) electrons. The number of ether oxygens (including phenoxy) is 1. The molecule has 1 aliphatic rings. The number of hydrogen-bond donors (Lipinski definition) is 2. The number of carbonyl (C=O) groups excluding carboxylic acids is 2. The minimum absolute atomic E-state index is 0.238. The quantitative estimate of drug-likeness (QED) is 0.636. The molecule has 0 bridgehead atoms. The average Bonchev–Trinajstić information content (AvgIpc) is 2.98. The molecule has 0 atom stereocenters. The molecule has 0 saturated carbocycles. The molecule has 7 heteroatoms. The Morgan fingerprint density at radius 2 is 2.12 bits per heavy atom. The second-order valence-corrected chi connectivity index (χ2v) is 7.29. The largest absolute Gasteiger partial charge is 0.452 e. The van der Waals surface area contributed by atoms with Crippen LogP contribution in [0.1, 0.15) is 44.8 Å². The van der Waals surface area contributed by atoms with Crippen LogP contribution in [0.3, 0.4) is 0 Å². The molecular formula is C19H19N3O3S. The van der Waals surface area contributed by atoms with Gasteiger partial charge in [0, 0.05) is 10.6 Å². The van der Waals surface area contributed by atoms with Gasteiger partial charge in [-0.25, -0.2) is 4.79 Å². The summed E-state index contributed by atoms with van der Waals surface area (Å²) in [5.74, 6) is -1.12. The first-order valence-electron chi connectivity index (χ1n) is 8.38. The van der Waals surface area contributed by atoms with Gasteiger partial charge in [0.25, 0.3) is 5.91 Å². The van der Waals surface area contributed by atoms with Crippen molar-refractivity contribution >= 4 is 33.9 Å². The smallest absolute Gasteiger partial charge is 0.340 e. The van der Waals surface area contributed by atoms with E-state index in [0.717, 1.165) is 41.7 Å². The zero-order chi connectivity index (χ0) is 18.7. The molecule has 0 saturated heterocycles. The number of carbonyl (C=O) groups is 2. The zero-order valence-electron chi connectivity index (χ0n) is 14.4. The number of aryl methyl sites for hydroxylation is 2. The fourth-order valence-corrected chi connectivity index (χ4v) is 4.26. The van der Waals surface area contributed by atoms with E-state index in [9.17, 15) is 14.9 Å². The molecule has 1 amide bonds. The van der Waals surface area contributed by atoms with Crippen molar-refractivity contribution in [2.75, 3.05) is 17.7 Å². The van der Waals surface area contributed by atoms with E-state index in [2.05, 4.69) is 11.4 Å². The Balaban J connectivity index is 1.65. The standard InChI is InChI=1S/C19H19N3O3S/c1-11-5-4-7-13(17(11)21)19(24)25-10-16(23)22-18-14(9-20)12-6-2-3-8-15(12)26-18/h4-5,7H,2-3,6,8,10,21H2,1H3,(H,22,23). The number of rotatable bonds is 4. The van der Waals surface area contributed by atoms with Crippen molar-refractivity contribution in [2.45, 2.75) is 32.6 Å². The van der Waals surface area contributed by atoms with E-state index in [-0.39, 0.29) is 5.56 Å². The maximum absolute atomic E-state index is 12.2. The van der Waals surface area contributed by atoms with Crippen molar-refractivity contribution in [3.8, 4) is 6.07 Å². The Hall–Kier alpha value is -2.85. The summed E-state index contributed by atoms with van der Waals surface area (Å²) in [6.07, 6.45) is 3.96. The molecule has 2 aromatic rings. The fraction of sp³-hybridized carbons (Fsp3) is 0.316. The summed E-state index contributed by atoms with van der Waals surface area (Å²) in [4.78, 5) is 25.4. The van der Waals surface area contributed by atoms with Gasteiger partial charge in [-0.05, 0) is 49.8 Å². The molecule has 0 unspecified atom stereocenters. The number of anilines is 2. The van der Waals surface area contributed by atoms with Crippen LogP contribution in [0.2, 0.25) is 0 Å². The highest BCUT2D eigenvalue weighted by Gasteiger charge is 2.22. The molecule has 3 N–H and O–H groups in total. The van der Waals surface area contributed by atoms with E-state index in [0.29, 0.717) is 16.3 Å². The van der Waals surface area contributed by atoms with E-state index in [4.69, 9.17) is 10.5 Å². The van der Waals surface area contributed by atoms with Crippen molar-refractivity contribution in [3.63, 3.8) is 0 Å². The lowest BCUT2D eigenvalue weighted by atomic mass is 9.96. The number of nitrogens with two attached hydrogens (primary N) is 1. The van der Waals surface area contributed by atoms with Crippen molar-refractivity contribution in [2.24, 2.45) is 0 Å². The van der Waals surface area contributed by atoms with E-state index in [1.54, 1.807) is 25.1 Å². The van der Waals surface area contributed by atoms with Gasteiger partial charge in [0.2, 0.25) is 0 Å². The van der Waals surface area contributed by atoms with Gasteiger partial charge in [0.15, 0.2) is 6.61 Å². The number of esters is 1. The van der Waals surface area contributed by atoms with E-state index < -0.39 is 18.5 Å². The number of nitrogen functional groups attached to an aromatic ring is 1. The number of fused-ring (bicyclic) bond motifs is 1. The van der Waals surface area contributed by atoms with Crippen LogP contribution in [0.4, 0.5) is 10.7 Å². The van der Waals surface area contributed by atoms with Gasteiger partial charge < -0.3 is 15.8 Å². The molecule has 0 fully saturated rings. The Labute approximate surface area is 155 Å². The van der Waals surface area contributed by atoms with Crippen molar-refractivity contribution in [1.82, 2.24) is 0 Å². The summed E-state index contributed by atoms with van der Waals surface area (Å²) in [6, 6.07) is 7.24. The topological polar surface area (TPSA) is 105 Å². The van der Waals surface area contributed by atoms with Gasteiger partial charge in [0.1, 0.15) is 11.1 Å². The highest BCUT2D eigenvalue weighted by Crippen LogP contribution is 2.37. The van der Waals surface area contributed by atoms with Crippen LogP contribution >= 0.6 is 11.3 Å². The van der Waals surface area contributed by atoms with Gasteiger partial charge in [-0.15, -0.1) is 11.3 Å². The normalized spacial score (nSPS) is 12.8. The average molecular weight is 369 g/mol. The van der Waals surface area contributed by atoms with Crippen LogP contribution in [0.25, 0.3) is 0 Å². The van der Waals surface area contributed by atoms with Crippen LogP contribution in [0.15, 0.2) is 18.2 Å². The third-order valence-corrected chi connectivity index (χ3v) is 5.62. The first-order valence-corrected chi connectivity index (χ1v) is 9.19. The highest BCUT2D eigenvalue weighted by atomic mass is 32.1. The number of nitrogens with one attached hydrogen (secondary N) is 1. The van der Waals surface area contributed by atoms with Crippen LogP contribution < -0.4 is 11.1 Å². The Kier molecular flexibility index (Phi) is 5.24. The number of amides is 1. The van der Waals surface area contributed by atoms with E-state index >= 15 is 0 Å². The summed E-state index contributed by atoms with van der Waals surface area (Å²) in [5.41, 5.74) is 8.80. The zero-order valence-corrected chi connectivity index (χ0v) is 15.2. The van der Waals surface area contributed by atoms with Gasteiger partial charge in [0.05, 0.1) is 11.1 Å². The van der Waals surface area contributed by atoms with Gasteiger partial charge in [-0.3, -0.25) is 4.79 Å². The molecule has 134 valence electrons. The number of nitriles is 1. The maximum Gasteiger partial charge on any atom is 0.340 e. The van der Waals surface area contributed by atoms with E-state index in [1.807, 2.05) is 0 Å². The molecule has 1 aromatic carbocycles. The predicted octanol–water partition coefficient (Wildman–Crippen LogP) is 3.18. The number of benzene rings is 1. The summed E-state index contributed by atoms with van der Waals surface area (Å²) >= 11 is 1.43. The number of para-hydroxylation sites is 1. The van der Waals surface area contributed by atoms with Crippen molar-refractivity contribution < 1.29 is 14.3 Å². The molecular weight excluding hydrogens is 350 g/mol. The minimum Gasteiger partial charge on any atom is -0.452 e. The van der Waals surface area contributed by atoms with Crippen molar-refractivity contribution in [1.29, 1.82) is 5.26 Å². The summed E-state index contributed by atoms with van der Waals surface area (Å²) < 4.78 is 5.06. The van der Waals surface area contributed by atoms with Crippen LogP contribution in [0.5, 0.6) is 0 Å². The SMILES string of the molecule is Cc1cccc(C(=O)OCC(=O)Nc2sc3c(c2C#N)CCCC3)c1N. The van der Waals surface area contributed by atoms with Gasteiger partial charge >= 0.3 is 5.97 Å². The van der Waals surface area contributed by atoms with E-state index in [1.165, 1.54) is 11.3 Å². The molecule has 1 heterocycles.